The van der Waals surface area contributed by atoms with E-state index in [1.54, 1.807) is 38.1 Å². The van der Waals surface area contributed by atoms with Crippen molar-refractivity contribution in [2.45, 2.75) is 26.1 Å². The van der Waals surface area contributed by atoms with Crippen LogP contribution in [-0.4, -0.2) is 31.7 Å². The van der Waals surface area contributed by atoms with Crippen LogP contribution < -0.4 is 10.1 Å². The van der Waals surface area contributed by atoms with Gasteiger partial charge in [0.05, 0.1) is 22.3 Å². The SMILES string of the molecule is CC(C)Oc1nc(-c2cccc(C(F)(F)F)c2)n(-c2ccc(NC(=O)/C=C/c3ccc([N+](=O)[O-])cc3)cc2)n1. The maximum absolute atomic E-state index is 13.3. The molecule has 12 heteroatoms. The molecule has 200 valence electrons. The molecule has 0 fully saturated rings. The van der Waals surface area contributed by atoms with Gasteiger partial charge in [-0.2, -0.15) is 18.2 Å². The van der Waals surface area contributed by atoms with Gasteiger partial charge >= 0.3 is 12.2 Å². The molecule has 0 spiro atoms. The molecule has 3 aromatic carbocycles. The Hall–Kier alpha value is -5.00. The first-order valence-corrected chi connectivity index (χ1v) is 11.6. The van der Waals surface area contributed by atoms with Crippen molar-refractivity contribution in [2.24, 2.45) is 0 Å². The third-order valence-electron chi connectivity index (χ3n) is 5.29. The summed E-state index contributed by atoms with van der Waals surface area (Å²) in [5.41, 5.74) is 0.872. The van der Waals surface area contributed by atoms with Crippen LogP contribution in [-0.2, 0) is 11.0 Å². The molecule has 1 N–H and O–H groups in total. The molecule has 4 rings (SSSR count). The fourth-order valence-corrected chi connectivity index (χ4v) is 3.50. The number of aromatic nitrogens is 3. The summed E-state index contributed by atoms with van der Waals surface area (Å²) in [7, 11) is 0. The lowest BCUT2D eigenvalue weighted by Gasteiger charge is -2.10. The number of nitro benzene ring substituents is 1. The number of ether oxygens (including phenoxy) is 1. The second-order valence-corrected chi connectivity index (χ2v) is 8.59. The largest absolute Gasteiger partial charge is 0.460 e. The topological polar surface area (TPSA) is 112 Å². The van der Waals surface area contributed by atoms with Gasteiger partial charge in [-0.15, -0.1) is 5.10 Å². The molecule has 9 nitrogen and oxygen atoms in total. The van der Waals surface area contributed by atoms with Crippen LogP contribution in [0, 0.1) is 10.1 Å². The van der Waals surface area contributed by atoms with Crippen molar-refractivity contribution in [3.05, 3.63) is 100 Å². The van der Waals surface area contributed by atoms with Gasteiger partial charge in [0, 0.05) is 29.5 Å². The summed E-state index contributed by atoms with van der Waals surface area (Å²) >= 11 is 0. The Balaban J connectivity index is 1.55. The van der Waals surface area contributed by atoms with Gasteiger partial charge in [-0.1, -0.05) is 12.1 Å². The summed E-state index contributed by atoms with van der Waals surface area (Å²) in [4.78, 5) is 26.9. The van der Waals surface area contributed by atoms with E-state index in [2.05, 4.69) is 15.4 Å². The number of alkyl halides is 3. The van der Waals surface area contributed by atoms with Crippen molar-refractivity contribution in [2.75, 3.05) is 5.32 Å². The molecule has 39 heavy (non-hydrogen) atoms. The lowest BCUT2D eigenvalue weighted by Crippen LogP contribution is -2.08. The molecular formula is C27H22F3N5O4. The van der Waals surface area contributed by atoms with Crippen LogP contribution in [0.15, 0.2) is 78.9 Å². The zero-order valence-corrected chi connectivity index (χ0v) is 20.7. The summed E-state index contributed by atoms with van der Waals surface area (Å²) < 4.78 is 46.8. The van der Waals surface area contributed by atoms with E-state index in [1.165, 1.54) is 53.2 Å². The van der Waals surface area contributed by atoms with Crippen LogP contribution >= 0.6 is 0 Å². The molecule has 1 amide bonds. The number of nitrogens with zero attached hydrogens (tertiary/aromatic N) is 4. The minimum atomic E-state index is -4.52. The van der Waals surface area contributed by atoms with Crippen molar-refractivity contribution in [1.29, 1.82) is 0 Å². The number of nitro groups is 1. The van der Waals surface area contributed by atoms with Gasteiger partial charge in [-0.3, -0.25) is 14.9 Å². The van der Waals surface area contributed by atoms with E-state index in [0.717, 1.165) is 12.1 Å². The van der Waals surface area contributed by atoms with E-state index in [-0.39, 0.29) is 29.2 Å². The Morgan fingerprint density at radius 3 is 2.38 bits per heavy atom. The fourth-order valence-electron chi connectivity index (χ4n) is 3.50. The van der Waals surface area contributed by atoms with Gasteiger partial charge in [-0.25, -0.2) is 4.68 Å². The van der Waals surface area contributed by atoms with Crippen LogP contribution in [0.5, 0.6) is 6.01 Å². The zero-order chi connectivity index (χ0) is 28.2. The highest BCUT2D eigenvalue weighted by Crippen LogP contribution is 2.33. The first-order valence-electron chi connectivity index (χ1n) is 11.6. The summed E-state index contributed by atoms with van der Waals surface area (Å²) in [6.45, 7) is 3.55. The normalized spacial score (nSPS) is 11.6. The molecule has 1 aromatic heterocycles. The number of hydrogen-bond donors (Lipinski definition) is 1. The molecule has 0 bridgehead atoms. The molecule has 1 heterocycles. The van der Waals surface area contributed by atoms with Gasteiger partial charge in [0.2, 0.25) is 5.91 Å². The molecule has 0 unspecified atom stereocenters. The Bertz CT molecular complexity index is 1510. The van der Waals surface area contributed by atoms with Crippen LogP contribution in [0.1, 0.15) is 25.0 Å². The van der Waals surface area contributed by atoms with Gasteiger partial charge in [0.15, 0.2) is 5.82 Å². The van der Waals surface area contributed by atoms with E-state index >= 15 is 0 Å². The number of anilines is 1. The van der Waals surface area contributed by atoms with Crippen molar-refractivity contribution >= 4 is 23.4 Å². The maximum atomic E-state index is 13.3. The average molecular weight is 537 g/mol. The number of benzene rings is 3. The van der Waals surface area contributed by atoms with Gasteiger partial charge in [0.1, 0.15) is 0 Å². The maximum Gasteiger partial charge on any atom is 0.416 e. The predicted octanol–water partition coefficient (Wildman–Crippen LogP) is 6.30. The van der Waals surface area contributed by atoms with E-state index in [4.69, 9.17) is 4.74 Å². The van der Waals surface area contributed by atoms with Crippen LogP contribution in [0.3, 0.4) is 0 Å². The second kappa shape index (κ2) is 11.2. The third-order valence-corrected chi connectivity index (χ3v) is 5.29. The lowest BCUT2D eigenvalue weighted by atomic mass is 10.1. The Morgan fingerprint density at radius 1 is 1.08 bits per heavy atom. The average Bonchev–Trinajstić information content (AvgIpc) is 3.31. The second-order valence-electron chi connectivity index (χ2n) is 8.59. The van der Waals surface area contributed by atoms with Crippen molar-refractivity contribution in [1.82, 2.24) is 14.8 Å². The first-order chi connectivity index (χ1) is 18.5. The quantitative estimate of drug-likeness (QED) is 0.160. The van der Waals surface area contributed by atoms with Crippen LogP contribution in [0.25, 0.3) is 23.2 Å². The number of halogens is 3. The van der Waals surface area contributed by atoms with Gasteiger partial charge in [-0.05, 0) is 74.0 Å². The highest BCUT2D eigenvalue weighted by Gasteiger charge is 2.31. The lowest BCUT2D eigenvalue weighted by molar-refractivity contribution is -0.384. The highest BCUT2D eigenvalue weighted by atomic mass is 19.4. The monoisotopic (exact) mass is 537 g/mol. The summed E-state index contributed by atoms with van der Waals surface area (Å²) in [5, 5.41) is 17.8. The summed E-state index contributed by atoms with van der Waals surface area (Å²) in [5.74, 6) is -0.279. The Morgan fingerprint density at radius 2 is 1.77 bits per heavy atom. The summed E-state index contributed by atoms with van der Waals surface area (Å²) in [6.07, 6.45) is -1.98. The minimum Gasteiger partial charge on any atom is -0.460 e. The Labute approximate surface area is 220 Å². The number of hydrogen-bond acceptors (Lipinski definition) is 6. The number of rotatable bonds is 8. The van der Waals surface area contributed by atoms with Crippen molar-refractivity contribution < 1.29 is 27.6 Å². The van der Waals surface area contributed by atoms with Crippen LogP contribution in [0.2, 0.25) is 0 Å². The molecule has 0 aliphatic carbocycles. The van der Waals surface area contributed by atoms with Gasteiger partial charge in [0.25, 0.3) is 5.69 Å². The van der Waals surface area contributed by atoms with E-state index in [0.29, 0.717) is 16.9 Å². The minimum absolute atomic E-state index is 0.00572. The molecule has 4 aromatic rings. The number of nitrogens with one attached hydrogen (secondary N) is 1. The molecule has 0 saturated carbocycles. The summed E-state index contributed by atoms with van der Waals surface area (Å²) in [6, 6.07) is 17.0. The molecule has 0 atom stereocenters. The molecule has 0 aliphatic heterocycles. The van der Waals surface area contributed by atoms with E-state index in [9.17, 15) is 28.1 Å². The number of non-ortho nitro benzene ring substituents is 1. The van der Waals surface area contributed by atoms with Crippen LogP contribution in [0.4, 0.5) is 24.5 Å². The fraction of sp³-hybridized carbons (Fsp3) is 0.148. The third kappa shape index (κ3) is 6.86. The number of carbonyl (C=O) groups excluding carboxylic acids is 1. The molecule has 0 saturated heterocycles. The number of carbonyl (C=O) groups is 1. The van der Waals surface area contributed by atoms with E-state index < -0.39 is 22.6 Å². The molecule has 0 radical (unpaired) electrons. The van der Waals surface area contributed by atoms with Gasteiger partial charge < -0.3 is 10.1 Å². The van der Waals surface area contributed by atoms with E-state index in [1.807, 2.05) is 0 Å². The highest BCUT2D eigenvalue weighted by molar-refractivity contribution is 6.02. The smallest absolute Gasteiger partial charge is 0.416 e. The first kappa shape index (κ1) is 27.0. The standard InChI is InChI=1S/C27H22F3N5O4/c1-17(2)39-26-32-25(19-4-3-5-20(16-19)27(28,29)30)34(33-26)22-13-9-21(10-14-22)31-24(36)15-8-18-6-11-23(12-7-18)35(37)38/h3-17H,1-2H3,(H,31,36)/b15-8+. The number of amides is 1. The van der Waals surface area contributed by atoms with Crippen molar-refractivity contribution in [3.63, 3.8) is 0 Å². The predicted molar refractivity (Wildman–Crippen MR) is 138 cm³/mol. The molecule has 0 aliphatic rings. The van der Waals surface area contributed by atoms with Crippen molar-refractivity contribution in [3.8, 4) is 23.1 Å². The Kier molecular flexibility index (Phi) is 7.75. The molecular weight excluding hydrogens is 515 g/mol. The zero-order valence-electron chi connectivity index (χ0n) is 20.7.